The van der Waals surface area contributed by atoms with Gasteiger partial charge in [-0.25, -0.2) is 4.79 Å². The van der Waals surface area contributed by atoms with Crippen LogP contribution in [0.25, 0.3) is 6.08 Å². The largest absolute Gasteiger partial charge is 0.394 e. The molecule has 1 aliphatic rings. The highest BCUT2D eigenvalue weighted by atomic mass is 127. The molecule has 110 valence electrons. The fraction of sp³-hybridized carbons (Fsp3) is 0.500. The molecule has 4 atom stereocenters. The number of rotatable bonds is 3. The number of aromatic amines is 1. The Morgan fingerprint density at radius 2 is 2.25 bits per heavy atom. The van der Waals surface area contributed by atoms with Crippen molar-refractivity contribution < 1.29 is 14.9 Å². The van der Waals surface area contributed by atoms with Gasteiger partial charge in [-0.1, -0.05) is 29.5 Å². The van der Waals surface area contributed by atoms with Crippen molar-refractivity contribution in [3.63, 3.8) is 0 Å². The number of hydrogen-bond donors (Lipinski definition) is 3. The summed E-state index contributed by atoms with van der Waals surface area (Å²) in [7, 11) is 0. The number of ether oxygens (including phenoxy) is 1. The van der Waals surface area contributed by atoms with Crippen molar-refractivity contribution >= 4 is 28.7 Å². The topological polar surface area (TPSA) is 105 Å². The van der Waals surface area contributed by atoms with E-state index in [4.69, 9.17) is 9.84 Å². The molecular formula is C12H15IN2O5. The van der Waals surface area contributed by atoms with Crippen LogP contribution in [-0.2, 0) is 4.74 Å². The Morgan fingerprint density at radius 3 is 2.80 bits per heavy atom. The molecule has 0 bridgehead atoms. The number of aliphatic hydroxyl groups is 2. The molecule has 0 spiro atoms. The van der Waals surface area contributed by atoms with E-state index >= 15 is 0 Å². The highest BCUT2D eigenvalue weighted by Crippen LogP contribution is 2.33. The smallest absolute Gasteiger partial charge is 0.330 e. The van der Waals surface area contributed by atoms with E-state index in [-0.39, 0.29) is 12.5 Å². The zero-order chi connectivity index (χ0) is 14.9. The lowest BCUT2D eigenvalue weighted by molar-refractivity contribution is -0.0477. The van der Waals surface area contributed by atoms with E-state index in [2.05, 4.69) is 4.98 Å². The second-order valence-corrected chi connectivity index (χ2v) is 5.36. The van der Waals surface area contributed by atoms with Gasteiger partial charge in [-0.05, 0) is 10.2 Å². The summed E-state index contributed by atoms with van der Waals surface area (Å²) in [5.41, 5.74) is -0.774. The summed E-state index contributed by atoms with van der Waals surface area (Å²) in [4.78, 5) is 25.7. The molecule has 2 heterocycles. The molecule has 0 unspecified atom stereocenters. The summed E-state index contributed by atoms with van der Waals surface area (Å²) in [6, 6.07) is 0. The Balaban J connectivity index is 2.46. The SMILES string of the molecule is C[C@H]1[C@H](O)[C@@H](CO)O[C@H]1n1cc(/C=C/I)c(=O)[nH]c1=O. The molecule has 0 aliphatic carbocycles. The molecule has 0 amide bonds. The van der Waals surface area contributed by atoms with Gasteiger partial charge in [0.25, 0.3) is 5.56 Å². The molecule has 2 rings (SSSR count). The Bertz CT molecular complexity index is 623. The van der Waals surface area contributed by atoms with Gasteiger partial charge in [0.05, 0.1) is 18.3 Å². The average Bonchev–Trinajstić information content (AvgIpc) is 2.70. The molecule has 1 aromatic rings. The van der Waals surface area contributed by atoms with Gasteiger partial charge in [0.1, 0.15) is 12.3 Å². The summed E-state index contributed by atoms with van der Waals surface area (Å²) in [5.74, 6) is -0.382. The van der Waals surface area contributed by atoms with Crippen LogP contribution in [0.2, 0.25) is 0 Å². The summed E-state index contributed by atoms with van der Waals surface area (Å²) in [5, 5.41) is 19.0. The number of aliphatic hydroxyl groups excluding tert-OH is 2. The molecule has 1 aliphatic heterocycles. The zero-order valence-electron chi connectivity index (χ0n) is 10.7. The van der Waals surface area contributed by atoms with Gasteiger partial charge in [-0.3, -0.25) is 14.3 Å². The van der Waals surface area contributed by atoms with Crippen LogP contribution < -0.4 is 11.2 Å². The summed E-state index contributed by atoms with van der Waals surface area (Å²) >= 11 is 1.97. The number of nitrogens with zero attached hydrogens (tertiary/aromatic N) is 1. The van der Waals surface area contributed by atoms with E-state index in [0.29, 0.717) is 5.56 Å². The van der Waals surface area contributed by atoms with Crippen molar-refractivity contribution in [2.75, 3.05) is 6.61 Å². The van der Waals surface area contributed by atoms with Gasteiger partial charge in [-0.2, -0.15) is 0 Å². The molecule has 1 fully saturated rings. The summed E-state index contributed by atoms with van der Waals surface area (Å²) < 4.78 is 8.38. The van der Waals surface area contributed by atoms with E-state index in [9.17, 15) is 14.7 Å². The molecular weight excluding hydrogens is 379 g/mol. The first kappa shape index (κ1) is 15.4. The van der Waals surface area contributed by atoms with Crippen LogP contribution in [0.4, 0.5) is 0 Å². The first-order valence-electron chi connectivity index (χ1n) is 6.06. The van der Waals surface area contributed by atoms with Gasteiger partial charge in [-0.15, -0.1) is 0 Å². The van der Waals surface area contributed by atoms with Crippen molar-refractivity contribution in [1.82, 2.24) is 9.55 Å². The summed E-state index contributed by atoms with van der Waals surface area (Å²) in [6.45, 7) is 1.39. The number of H-pyrrole nitrogens is 1. The number of nitrogens with one attached hydrogen (secondary N) is 1. The second-order valence-electron chi connectivity index (χ2n) is 4.64. The Hall–Kier alpha value is -0.970. The van der Waals surface area contributed by atoms with Crippen LogP contribution in [0, 0.1) is 5.92 Å². The molecule has 0 radical (unpaired) electrons. The van der Waals surface area contributed by atoms with E-state index in [1.807, 2.05) is 22.6 Å². The average molecular weight is 394 g/mol. The van der Waals surface area contributed by atoms with Crippen molar-refractivity contribution in [2.45, 2.75) is 25.4 Å². The van der Waals surface area contributed by atoms with Crippen LogP contribution in [0.5, 0.6) is 0 Å². The Morgan fingerprint density at radius 1 is 1.55 bits per heavy atom. The minimum atomic E-state index is -0.868. The third kappa shape index (κ3) is 2.73. The molecule has 1 saturated heterocycles. The quantitative estimate of drug-likeness (QED) is 0.618. The summed E-state index contributed by atoms with van der Waals surface area (Å²) in [6.07, 6.45) is 0.622. The maximum absolute atomic E-state index is 11.9. The number of hydrogen-bond acceptors (Lipinski definition) is 5. The van der Waals surface area contributed by atoms with Crippen molar-refractivity contribution in [3.8, 4) is 0 Å². The fourth-order valence-electron chi connectivity index (χ4n) is 2.24. The van der Waals surface area contributed by atoms with Gasteiger partial charge < -0.3 is 14.9 Å². The van der Waals surface area contributed by atoms with Crippen molar-refractivity contribution in [2.24, 2.45) is 5.92 Å². The highest BCUT2D eigenvalue weighted by molar-refractivity contribution is 14.1. The second kappa shape index (κ2) is 6.20. The van der Waals surface area contributed by atoms with Crippen LogP contribution in [-0.4, -0.2) is 38.6 Å². The minimum Gasteiger partial charge on any atom is -0.394 e. The molecule has 8 heteroatoms. The monoisotopic (exact) mass is 394 g/mol. The predicted molar refractivity (Wildman–Crippen MR) is 80.5 cm³/mol. The van der Waals surface area contributed by atoms with Gasteiger partial charge in [0.15, 0.2) is 0 Å². The highest BCUT2D eigenvalue weighted by Gasteiger charge is 2.41. The van der Waals surface area contributed by atoms with Crippen molar-refractivity contribution in [3.05, 3.63) is 36.7 Å². The zero-order valence-corrected chi connectivity index (χ0v) is 12.9. The van der Waals surface area contributed by atoms with Crippen LogP contribution >= 0.6 is 22.6 Å². The van der Waals surface area contributed by atoms with E-state index < -0.39 is 29.7 Å². The Kier molecular flexibility index (Phi) is 4.78. The first-order chi connectivity index (χ1) is 9.49. The fourth-order valence-corrected chi connectivity index (χ4v) is 2.62. The predicted octanol–water partition coefficient (Wildman–Crippen LogP) is -0.171. The van der Waals surface area contributed by atoms with E-state index in [0.717, 1.165) is 0 Å². The lowest BCUT2D eigenvalue weighted by atomic mass is 10.0. The van der Waals surface area contributed by atoms with Gasteiger partial charge in [0, 0.05) is 12.1 Å². The van der Waals surface area contributed by atoms with E-state index in [1.165, 1.54) is 10.8 Å². The van der Waals surface area contributed by atoms with Gasteiger partial charge in [0.2, 0.25) is 0 Å². The third-order valence-electron chi connectivity index (χ3n) is 3.38. The van der Waals surface area contributed by atoms with Crippen molar-refractivity contribution in [1.29, 1.82) is 0 Å². The lowest BCUT2D eigenvalue weighted by Gasteiger charge is -2.18. The maximum atomic E-state index is 11.9. The first-order valence-corrected chi connectivity index (χ1v) is 7.30. The molecule has 20 heavy (non-hydrogen) atoms. The minimum absolute atomic E-state index is 0.316. The molecule has 7 nitrogen and oxygen atoms in total. The normalized spacial score (nSPS) is 30.2. The third-order valence-corrected chi connectivity index (χ3v) is 3.74. The lowest BCUT2D eigenvalue weighted by Crippen LogP contribution is -2.35. The number of aromatic nitrogens is 2. The van der Waals surface area contributed by atoms with Crippen LogP contribution in [0.15, 0.2) is 19.9 Å². The molecule has 0 aromatic carbocycles. The van der Waals surface area contributed by atoms with Crippen LogP contribution in [0.1, 0.15) is 18.7 Å². The number of halogens is 1. The van der Waals surface area contributed by atoms with Gasteiger partial charge >= 0.3 is 5.69 Å². The standard InChI is InChI=1S/C12H15IN2O5/c1-6-9(17)8(5-16)20-11(6)15-4-7(2-3-13)10(18)14-12(15)19/h2-4,6,8-9,11,16-17H,5H2,1H3,(H,14,18,19)/b3-2+/t6-,8+,9-,11+/m0/s1. The molecule has 3 N–H and O–H groups in total. The molecule has 1 aromatic heterocycles. The van der Waals surface area contributed by atoms with Crippen LogP contribution in [0.3, 0.4) is 0 Å². The maximum Gasteiger partial charge on any atom is 0.330 e. The molecule has 0 saturated carbocycles. The Labute approximate surface area is 128 Å². The van der Waals surface area contributed by atoms with E-state index in [1.54, 1.807) is 17.1 Å².